The number of hydrogen-bond acceptors (Lipinski definition) is 3. The van der Waals surface area contributed by atoms with Crippen molar-refractivity contribution in [1.29, 1.82) is 0 Å². The van der Waals surface area contributed by atoms with Crippen molar-refractivity contribution in [3.63, 3.8) is 0 Å². The van der Waals surface area contributed by atoms with Crippen LogP contribution in [0.4, 0.5) is 4.79 Å². The summed E-state index contributed by atoms with van der Waals surface area (Å²) < 4.78 is 5.09. The van der Waals surface area contributed by atoms with Gasteiger partial charge in [-0.3, -0.25) is 0 Å². The number of carbonyl (C=O) groups is 2. The largest absolute Gasteiger partial charge is 0.480 e. The van der Waals surface area contributed by atoms with Gasteiger partial charge >= 0.3 is 12.1 Å². The minimum atomic E-state index is -1.00. The molecule has 23 heavy (non-hydrogen) atoms. The van der Waals surface area contributed by atoms with Crippen LogP contribution in [-0.2, 0) is 16.1 Å². The first kappa shape index (κ1) is 17.3. The standard InChI is InChI=1S/C18H25NO4/c20-17(21)16(12-11-14-7-3-1-4-8-14)19-18(22)23-13-15-9-5-2-6-10-15/h2,5-6,9-10,14,16H,1,3-4,7-8,11-13H2,(H,19,22)(H,20,21). The van der Waals surface area contributed by atoms with Crippen LogP contribution in [0.15, 0.2) is 30.3 Å². The average molecular weight is 319 g/mol. The molecule has 1 fully saturated rings. The van der Waals surface area contributed by atoms with Crippen molar-refractivity contribution in [3.8, 4) is 0 Å². The van der Waals surface area contributed by atoms with Crippen LogP contribution in [0.1, 0.15) is 50.5 Å². The summed E-state index contributed by atoms with van der Waals surface area (Å²) in [4.78, 5) is 23.1. The number of rotatable bonds is 7. The Morgan fingerprint density at radius 3 is 2.52 bits per heavy atom. The number of amides is 1. The van der Waals surface area contributed by atoms with Gasteiger partial charge in [-0.25, -0.2) is 9.59 Å². The van der Waals surface area contributed by atoms with E-state index in [-0.39, 0.29) is 6.61 Å². The average Bonchev–Trinajstić information content (AvgIpc) is 2.58. The van der Waals surface area contributed by atoms with Crippen LogP contribution in [0.3, 0.4) is 0 Å². The highest BCUT2D eigenvalue weighted by Gasteiger charge is 2.23. The predicted octanol–water partition coefficient (Wildman–Crippen LogP) is 3.73. The third-order valence-corrected chi connectivity index (χ3v) is 4.39. The van der Waals surface area contributed by atoms with E-state index in [1.807, 2.05) is 30.3 Å². The maximum atomic E-state index is 11.8. The molecule has 1 aromatic carbocycles. The molecule has 0 spiro atoms. The predicted molar refractivity (Wildman–Crippen MR) is 87.0 cm³/mol. The van der Waals surface area contributed by atoms with E-state index in [2.05, 4.69) is 5.32 Å². The SMILES string of the molecule is O=C(NC(CCC1CCCCC1)C(=O)O)OCc1ccccc1. The normalized spacial score (nSPS) is 16.5. The highest BCUT2D eigenvalue weighted by atomic mass is 16.5. The molecule has 1 aliphatic rings. The van der Waals surface area contributed by atoms with Gasteiger partial charge in [0.25, 0.3) is 0 Å². The van der Waals surface area contributed by atoms with Crippen LogP contribution in [0.25, 0.3) is 0 Å². The van der Waals surface area contributed by atoms with Crippen molar-refractivity contribution in [2.45, 2.75) is 57.6 Å². The number of nitrogens with one attached hydrogen (secondary N) is 1. The first-order valence-corrected chi connectivity index (χ1v) is 8.35. The summed E-state index contributed by atoms with van der Waals surface area (Å²) >= 11 is 0. The molecule has 2 rings (SSSR count). The first-order valence-electron chi connectivity index (χ1n) is 8.35. The Morgan fingerprint density at radius 2 is 1.87 bits per heavy atom. The van der Waals surface area contributed by atoms with E-state index >= 15 is 0 Å². The lowest BCUT2D eigenvalue weighted by Crippen LogP contribution is -2.41. The molecule has 0 radical (unpaired) electrons. The number of carbonyl (C=O) groups excluding carboxylic acids is 1. The maximum Gasteiger partial charge on any atom is 0.408 e. The minimum Gasteiger partial charge on any atom is -0.480 e. The lowest BCUT2D eigenvalue weighted by atomic mass is 9.85. The summed E-state index contributed by atoms with van der Waals surface area (Å²) in [6, 6.07) is 8.44. The van der Waals surface area contributed by atoms with Gasteiger partial charge in [-0.1, -0.05) is 62.4 Å². The number of carboxylic acids is 1. The molecular weight excluding hydrogens is 294 g/mol. The van der Waals surface area contributed by atoms with Gasteiger partial charge in [0, 0.05) is 0 Å². The molecule has 5 heteroatoms. The Kier molecular flexibility index (Phi) is 6.91. The lowest BCUT2D eigenvalue weighted by molar-refractivity contribution is -0.139. The summed E-state index contributed by atoms with van der Waals surface area (Å²) in [7, 11) is 0. The Morgan fingerprint density at radius 1 is 1.17 bits per heavy atom. The van der Waals surface area contributed by atoms with E-state index in [0.717, 1.165) is 12.0 Å². The molecular formula is C18H25NO4. The van der Waals surface area contributed by atoms with Gasteiger partial charge in [0.1, 0.15) is 12.6 Å². The van der Waals surface area contributed by atoms with Crippen LogP contribution in [-0.4, -0.2) is 23.2 Å². The Bertz CT molecular complexity index is 497. The van der Waals surface area contributed by atoms with Gasteiger partial charge in [-0.2, -0.15) is 0 Å². The van der Waals surface area contributed by atoms with Gasteiger partial charge in [0.2, 0.25) is 0 Å². The topological polar surface area (TPSA) is 75.6 Å². The lowest BCUT2D eigenvalue weighted by Gasteiger charge is -2.23. The molecule has 0 aliphatic heterocycles. The quantitative estimate of drug-likeness (QED) is 0.803. The Balaban J connectivity index is 1.74. The molecule has 1 aromatic rings. The number of alkyl carbamates (subject to hydrolysis) is 1. The second kappa shape index (κ2) is 9.18. The fourth-order valence-electron chi connectivity index (χ4n) is 3.04. The van der Waals surface area contributed by atoms with Gasteiger partial charge in [-0.15, -0.1) is 0 Å². The zero-order chi connectivity index (χ0) is 16.5. The molecule has 0 heterocycles. The molecule has 0 aromatic heterocycles. The van der Waals surface area contributed by atoms with Crippen LogP contribution in [0.5, 0.6) is 0 Å². The molecule has 5 nitrogen and oxygen atoms in total. The van der Waals surface area contributed by atoms with Crippen molar-refractivity contribution in [3.05, 3.63) is 35.9 Å². The molecule has 1 amide bonds. The molecule has 0 bridgehead atoms. The second-order valence-electron chi connectivity index (χ2n) is 6.18. The fraction of sp³-hybridized carbons (Fsp3) is 0.556. The molecule has 126 valence electrons. The summed E-state index contributed by atoms with van der Waals surface area (Å²) in [6.45, 7) is 0.141. The minimum absolute atomic E-state index is 0.141. The maximum absolute atomic E-state index is 11.8. The highest BCUT2D eigenvalue weighted by Crippen LogP contribution is 2.27. The molecule has 1 saturated carbocycles. The van der Waals surface area contributed by atoms with Crippen molar-refractivity contribution >= 4 is 12.1 Å². The van der Waals surface area contributed by atoms with Crippen LogP contribution >= 0.6 is 0 Å². The summed E-state index contributed by atoms with van der Waals surface area (Å²) in [5.41, 5.74) is 0.872. The first-order chi connectivity index (χ1) is 11.1. The van der Waals surface area contributed by atoms with E-state index in [4.69, 9.17) is 4.74 Å². The van der Waals surface area contributed by atoms with E-state index in [1.54, 1.807) is 0 Å². The van der Waals surface area contributed by atoms with E-state index in [9.17, 15) is 14.7 Å². The number of carboxylic acid groups (broad SMARTS) is 1. The molecule has 1 unspecified atom stereocenters. The zero-order valence-corrected chi connectivity index (χ0v) is 13.4. The number of ether oxygens (including phenoxy) is 1. The monoisotopic (exact) mass is 319 g/mol. The molecule has 0 saturated heterocycles. The number of benzene rings is 1. The summed E-state index contributed by atoms with van der Waals surface area (Å²) in [6.07, 6.45) is 6.71. The van der Waals surface area contributed by atoms with Gasteiger partial charge < -0.3 is 15.2 Å². The Labute approximate surface area is 137 Å². The van der Waals surface area contributed by atoms with Crippen LogP contribution in [0.2, 0.25) is 0 Å². The highest BCUT2D eigenvalue weighted by molar-refractivity contribution is 5.79. The van der Waals surface area contributed by atoms with Gasteiger partial charge in [-0.05, 0) is 24.3 Å². The van der Waals surface area contributed by atoms with Crippen molar-refractivity contribution < 1.29 is 19.4 Å². The molecule has 2 N–H and O–H groups in total. The smallest absolute Gasteiger partial charge is 0.408 e. The van der Waals surface area contributed by atoms with Gasteiger partial charge in [0.05, 0.1) is 0 Å². The van der Waals surface area contributed by atoms with Crippen molar-refractivity contribution in [2.24, 2.45) is 5.92 Å². The van der Waals surface area contributed by atoms with Crippen molar-refractivity contribution in [1.82, 2.24) is 5.32 Å². The third-order valence-electron chi connectivity index (χ3n) is 4.39. The summed E-state index contributed by atoms with van der Waals surface area (Å²) in [5, 5.41) is 11.7. The van der Waals surface area contributed by atoms with Crippen LogP contribution in [0, 0.1) is 5.92 Å². The summed E-state index contributed by atoms with van der Waals surface area (Å²) in [5.74, 6) is -0.412. The molecule has 1 atom stereocenters. The van der Waals surface area contributed by atoms with E-state index < -0.39 is 18.1 Å². The van der Waals surface area contributed by atoms with E-state index in [0.29, 0.717) is 12.3 Å². The number of aliphatic carboxylic acids is 1. The third kappa shape index (κ3) is 6.30. The van der Waals surface area contributed by atoms with Crippen molar-refractivity contribution in [2.75, 3.05) is 0 Å². The Hall–Kier alpha value is -2.04. The molecule has 1 aliphatic carbocycles. The van der Waals surface area contributed by atoms with E-state index in [1.165, 1.54) is 32.1 Å². The zero-order valence-electron chi connectivity index (χ0n) is 13.4. The number of hydrogen-bond donors (Lipinski definition) is 2. The fourth-order valence-corrected chi connectivity index (χ4v) is 3.04. The second-order valence-corrected chi connectivity index (χ2v) is 6.18. The van der Waals surface area contributed by atoms with Gasteiger partial charge in [0.15, 0.2) is 0 Å². The van der Waals surface area contributed by atoms with Crippen LogP contribution < -0.4 is 5.32 Å².